The zero-order chi connectivity index (χ0) is 23.8. The fraction of sp³-hybridized carbons (Fsp3) is 0.652. The fourth-order valence-electron chi connectivity index (χ4n) is 4.65. The van der Waals surface area contributed by atoms with Gasteiger partial charge in [-0.3, -0.25) is 14.3 Å². The van der Waals surface area contributed by atoms with Gasteiger partial charge in [-0.2, -0.15) is 10.2 Å². The Morgan fingerprint density at radius 1 is 1.31 bits per heavy atom. The molecule has 0 unspecified atom stereocenters. The SMILES string of the molecule is Cc1cc(CNC(=O)Cn2ncc(N[C@@H]3C[C@H](C)C(C)(C)[C@H](C)[C@H]3C)c(Br)c2=O)n(C)n1. The van der Waals surface area contributed by atoms with Crippen molar-refractivity contribution >= 4 is 27.5 Å². The number of carbonyl (C=O) groups is 1. The molecule has 0 aliphatic heterocycles. The molecule has 0 radical (unpaired) electrons. The van der Waals surface area contributed by atoms with E-state index in [1.807, 2.05) is 20.0 Å². The van der Waals surface area contributed by atoms with Crippen molar-refractivity contribution in [1.82, 2.24) is 24.9 Å². The Hall–Kier alpha value is -2.16. The number of aryl methyl sites for hydroxylation is 2. The molecular weight excluding hydrogens is 472 g/mol. The molecule has 2 aromatic rings. The number of anilines is 1. The summed E-state index contributed by atoms with van der Waals surface area (Å²) in [6.45, 7) is 13.7. The molecule has 8 nitrogen and oxygen atoms in total. The number of rotatable bonds is 6. The van der Waals surface area contributed by atoms with Crippen molar-refractivity contribution in [1.29, 1.82) is 0 Å². The van der Waals surface area contributed by atoms with E-state index >= 15 is 0 Å². The zero-order valence-electron chi connectivity index (χ0n) is 20.1. The second-order valence-electron chi connectivity index (χ2n) is 9.87. The third-order valence-corrected chi connectivity index (χ3v) is 8.43. The standard InChI is InChI=1S/C23H35BrN6O2/c1-13-8-18(15(3)16(4)23(13,5)6)27-19-11-26-30(22(32)21(19)24)12-20(31)25-10-17-9-14(2)28-29(17)7/h9,11,13,15-16,18,27H,8,10,12H2,1-7H3,(H,25,31)/t13-,15+,16+,18+/m0/s1. The predicted molar refractivity (Wildman–Crippen MR) is 129 cm³/mol. The number of nitrogens with zero attached hydrogens (tertiary/aromatic N) is 4. The van der Waals surface area contributed by atoms with E-state index in [-0.39, 0.29) is 29.5 Å². The van der Waals surface area contributed by atoms with Crippen LogP contribution in [-0.4, -0.2) is 31.5 Å². The summed E-state index contributed by atoms with van der Waals surface area (Å²) < 4.78 is 3.31. The molecule has 2 heterocycles. The average Bonchev–Trinajstić information content (AvgIpc) is 3.05. The van der Waals surface area contributed by atoms with Crippen molar-refractivity contribution in [2.24, 2.45) is 30.2 Å². The monoisotopic (exact) mass is 506 g/mol. The van der Waals surface area contributed by atoms with Crippen LogP contribution in [0.3, 0.4) is 0 Å². The van der Waals surface area contributed by atoms with Crippen molar-refractivity contribution in [3.05, 3.63) is 38.5 Å². The van der Waals surface area contributed by atoms with Crippen molar-refractivity contribution in [2.45, 2.75) is 67.1 Å². The van der Waals surface area contributed by atoms with Gasteiger partial charge < -0.3 is 10.6 Å². The molecule has 1 aliphatic carbocycles. The Kier molecular flexibility index (Phi) is 7.17. The van der Waals surface area contributed by atoms with Crippen LogP contribution in [0.2, 0.25) is 0 Å². The number of amides is 1. The molecule has 0 aromatic carbocycles. The molecule has 0 saturated heterocycles. The number of carbonyl (C=O) groups excluding carboxylic acids is 1. The van der Waals surface area contributed by atoms with E-state index in [9.17, 15) is 9.59 Å². The fourth-order valence-corrected chi connectivity index (χ4v) is 5.07. The smallest absolute Gasteiger partial charge is 0.283 e. The first kappa shape index (κ1) is 24.5. The lowest BCUT2D eigenvalue weighted by molar-refractivity contribution is -0.122. The molecule has 2 N–H and O–H groups in total. The highest BCUT2D eigenvalue weighted by molar-refractivity contribution is 9.10. The molecule has 2 aromatic heterocycles. The molecule has 1 amide bonds. The van der Waals surface area contributed by atoms with Gasteiger partial charge in [-0.15, -0.1) is 0 Å². The van der Waals surface area contributed by atoms with Crippen LogP contribution in [0.1, 0.15) is 52.4 Å². The summed E-state index contributed by atoms with van der Waals surface area (Å²) in [5.41, 5.74) is 2.41. The van der Waals surface area contributed by atoms with Crippen LogP contribution in [0, 0.1) is 30.1 Å². The Labute approximate surface area is 198 Å². The second kappa shape index (κ2) is 9.37. The summed E-state index contributed by atoms with van der Waals surface area (Å²) in [5, 5.41) is 14.9. The van der Waals surface area contributed by atoms with Crippen molar-refractivity contribution in [3.8, 4) is 0 Å². The van der Waals surface area contributed by atoms with Gasteiger partial charge in [-0.1, -0.05) is 34.6 Å². The number of aromatic nitrogens is 4. The summed E-state index contributed by atoms with van der Waals surface area (Å²) in [6, 6.07) is 2.17. The number of hydrogen-bond donors (Lipinski definition) is 2. The number of nitrogens with one attached hydrogen (secondary N) is 2. The molecule has 176 valence electrons. The van der Waals surface area contributed by atoms with Crippen molar-refractivity contribution in [3.63, 3.8) is 0 Å². The minimum absolute atomic E-state index is 0.142. The summed E-state index contributed by atoms with van der Waals surface area (Å²) in [7, 11) is 1.83. The molecule has 1 saturated carbocycles. The van der Waals surface area contributed by atoms with Gasteiger partial charge in [0.05, 0.1) is 29.8 Å². The first-order valence-corrected chi connectivity index (χ1v) is 12.0. The van der Waals surface area contributed by atoms with Crippen LogP contribution < -0.4 is 16.2 Å². The Morgan fingerprint density at radius 2 is 2.00 bits per heavy atom. The summed E-state index contributed by atoms with van der Waals surface area (Å²) in [6.07, 6.45) is 2.66. The van der Waals surface area contributed by atoms with Crippen LogP contribution in [0.4, 0.5) is 5.69 Å². The van der Waals surface area contributed by atoms with E-state index in [2.05, 4.69) is 71.4 Å². The molecule has 32 heavy (non-hydrogen) atoms. The third kappa shape index (κ3) is 4.92. The largest absolute Gasteiger partial charge is 0.380 e. The van der Waals surface area contributed by atoms with E-state index in [1.165, 1.54) is 4.68 Å². The molecular formula is C23H35BrN6O2. The zero-order valence-corrected chi connectivity index (χ0v) is 21.7. The van der Waals surface area contributed by atoms with E-state index in [0.717, 1.165) is 17.8 Å². The quantitative estimate of drug-likeness (QED) is 0.625. The number of halogens is 1. The van der Waals surface area contributed by atoms with Crippen molar-refractivity contribution < 1.29 is 4.79 Å². The summed E-state index contributed by atoms with van der Waals surface area (Å²) in [4.78, 5) is 25.2. The predicted octanol–water partition coefficient (Wildman–Crippen LogP) is 3.48. The summed E-state index contributed by atoms with van der Waals surface area (Å²) in [5.74, 6) is 1.28. The molecule has 4 atom stereocenters. The van der Waals surface area contributed by atoms with Crippen molar-refractivity contribution in [2.75, 3.05) is 5.32 Å². The Balaban J connectivity index is 1.67. The number of hydrogen-bond acceptors (Lipinski definition) is 5. The van der Waals surface area contributed by atoms with E-state index in [0.29, 0.717) is 34.5 Å². The van der Waals surface area contributed by atoms with Crippen LogP contribution in [-0.2, 0) is 24.9 Å². The highest BCUT2D eigenvalue weighted by Gasteiger charge is 2.43. The molecule has 9 heteroatoms. The van der Waals surface area contributed by atoms with Gasteiger partial charge in [0.25, 0.3) is 5.56 Å². The average molecular weight is 507 g/mol. The Morgan fingerprint density at radius 3 is 2.62 bits per heavy atom. The lowest BCUT2D eigenvalue weighted by Crippen LogP contribution is -2.48. The van der Waals surface area contributed by atoms with Gasteiger partial charge >= 0.3 is 0 Å². The minimum atomic E-state index is -0.327. The summed E-state index contributed by atoms with van der Waals surface area (Å²) >= 11 is 3.43. The molecule has 0 bridgehead atoms. The molecule has 1 aliphatic rings. The maximum Gasteiger partial charge on any atom is 0.283 e. The van der Waals surface area contributed by atoms with Crippen LogP contribution >= 0.6 is 15.9 Å². The van der Waals surface area contributed by atoms with Gasteiger partial charge in [-0.05, 0) is 58.5 Å². The van der Waals surface area contributed by atoms with Crippen LogP contribution in [0.5, 0.6) is 0 Å². The topological polar surface area (TPSA) is 93.8 Å². The van der Waals surface area contributed by atoms with E-state index in [1.54, 1.807) is 10.9 Å². The van der Waals surface area contributed by atoms with Crippen LogP contribution in [0.25, 0.3) is 0 Å². The highest BCUT2D eigenvalue weighted by atomic mass is 79.9. The lowest BCUT2D eigenvalue weighted by Gasteiger charge is -2.50. The van der Waals surface area contributed by atoms with Gasteiger partial charge in [0.1, 0.15) is 11.0 Å². The van der Waals surface area contributed by atoms with E-state index < -0.39 is 0 Å². The van der Waals surface area contributed by atoms with Gasteiger partial charge in [0.2, 0.25) is 5.91 Å². The minimum Gasteiger partial charge on any atom is -0.380 e. The van der Waals surface area contributed by atoms with Gasteiger partial charge in [0, 0.05) is 13.1 Å². The maximum absolute atomic E-state index is 12.8. The maximum atomic E-state index is 12.8. The molecule has 1 fully saturated rings. The third-order valence-electron chi connectivity index (χ3n) is 7.66. The van der Waals surface area contributed by atoms with E-state index in [4.69, 9.17) is 0 Å². The highest BCUT2D eigenvalue weighted by Crippen LogP contribution is 2.48. The van der Waals surface area contributed by atoms with Gasteiger partial charge in [-0.25, -0.2) is 4.68 Å². The second-order valence-corrected chi connectivity index (χ2v) is 10.7. The van der Waals surface area contributed by atoms with Crippen LogP contribution in [0.15, 0.2) is 21.5 Å². The first-order chi connectivity index (χ1) is 14.9. The first-order valence-electron chi connectivity index (χ1n) is 11.2. The Bertz CT molecular complexity index is 1040. The normalized spacial score (nSPS) is 24.9. The van der Waals surface area contributed by atoms with Gasteiger partial charge in [0.15, 0.2) is 0 Å². The molecule has 3 rings (SSSR count). The molecule has 0 spiro atoms. The lowest BCUT2D eigenvalue weighted by atomic mass is 9.58.